The minimum Gasteiger partial charge on any atom is -0.336 e. The lowest BCUT2D eigenvalue weighted by Gasteiger charge is -2.51. The number of hydrogen-bond acceptors (Lipinski definition) is 3. The molecule has 6 rings (SSSR count). The number of carbonyl (C=O) groups is 2. The Bertz CT molecular complexity index is 714. The van der Waals surface area contributed by atoms with Gasteiger partial charge in [-0.05, 0) is 50.3 Å². The second-order valence-corrected chi connectivity index (χ2v) is 8.69. The van der Waals surface area contributed by atoms with E-state index in [0.717, 1.165) is 25.9 Å². The van der Waals surface area contributed by atoms with Gasteiger partial charge in [-0.3, -0.25) is 14.5 Å². The van der Waals surface area contributed by atoms with E-state index < -0.39 is 0 Å². The van der Waals surface area contributed by atoms with E-state index in [4.69, 9.17) is 0 Å². The summed E-state index contributed by atoms with van der Waals surface area (Å²) < 4.78 is 0. The molecule has 5 fully saturated rings. The van der Waals surface area contributed by atoms with Gasteiger partial charge in [-0.1, -0.05) is 30.3 Å². The third kappa shape index (κ3) is 2.96. The molecule has 144 valence electrons. The molecule has 5 aliphatic rings. The molecule has 0 unspecified atom stereocenters. The van der Waals surface area contributed by atoms with Crippen molar-refractivity contribution >= 4 is 11.8 Å². The first-order valence-electron chi connectivity index (χ1n) is 10.6. The average molecular weight is 367 g/mol. The van der Waals surface area contributed by atoms with Crippen molar-refractivity contribution in [1.29, 1.82) is 0 Å². The van der Waals surface area contributed by atoms with Crippen LogP contribution >= 0.6 is 0 Å². The van der Waals surface area contributed by atoms with Gasteiger partial charge in [-0.25, -0.2) is 0 Å². The molecular formula is C22H29N3O2. The van der Waals surface area contributed by atoms with Crippen LogP contribution in [0.15, 0.2) is 30.3 Å². The predicted molar refractivity (Wildman–Crippen MR) is 103 cm³/mol. The van der Waals surface area contributed by atoms with E-state index in [1.807, 2.05) is 0 Å². The molecular weight excluding hydrogens is 338 g/mol. The Labute approximate surface area is 161 Å². The Morgan fingerprint density at radius 2 is 1.78 bits per heavy atom. The van der Waals surface area contributed by atoms with Crippen LogP contribution in [0.25, 0.3) is 0 Å². The first-order chi connectivity index (χ1) is 13.2. The summed E-state index contributed by atoms with van der Waals surface area (Å²) >= 11 is 0. The van der Waals surface area contributed by atoms with Crippen molar-refractivity contribution in [3.05, 3.63) is 35.9 Å². The molecule has 3 atom stereocenters. The molecule has 5 heterocycles. The first-order valence-corrected chi connectivity index (χ1v) is 10.6. The van der Waals surface area contributed by atoms with Gasteiger partial charge in [0.05, 0.1) is 12.6 Å². The highest BCUT2D eigenvalue weighted by Gasteiger charge is 2.54. The molecule has 5 heteroatoms. The van der Waals surface area contributed by atoms with Gasteiger partial charge in [-0.2, -0.15) is 0 Å². The van der Waals surface area contributed by atoms with E-state index in [1.165, 1.54) is 31.5 Å². The summed E-state index contributed by atoms with van der Waals surface area (Å²) in [7, 11) is 0. The number of nitrogens with zero attached hydrogens (tertiary/aromatic N) is 3. The van der Waals surface area contributed by atoms with Crippen LogP contribution in [0.2, 0.25) is 0 Å². The zero-order chi connectivity index (χ0) is 18.4. The van der Waals surface area contributed by atoms with E-state index in [9.17, 15) is 9.59 Å². The van der Waals surface area contributed by atoms with Gasteiger partial charge in [0.25, 0.3) is 0 Å². The van der Waals surface area contributed by atoms with Gasteiger partial charge in [0, 0.05) is 31.5 Å². The number of fused-ring (bicyclic) bond motifs is 2. The van der Waals surface area contributed by atoms with Crippen LogP contribution in [0, 0.1) is 5.92 Å². The van der Waals surface area contributed by atoms with Crippen molar-refractivity contribution in [1.82, 2.24) is 14.7 Å². The third-order valence-corrected chi connectivity index (χ3v) is 7.29. The minimum atomic E-state index is 0.152. The molecule has 5 saturated heterocycles. The zero-order valence-corrected chi connectivity index (χ0v) is 15.9. The Kier molecular flexibility index (Phi) is 4.43. The smallest absolute Gasteiger partial charge is 0.242 e. The van der Waals surface area contributed by atoms with Crippen LogP contribution in [0.1, 0.15) is 43.6 Å². The lowest BCUT2D eigenvalue weighted by atomic mass is 9.75. The molecule has 0 N–H and O–H groups in total. The summed E-state index contributed by atoms with van der Waals surface area (Å²) in [6, 6.07) is 11.5. The SMILES string of the molecule is O=C1CCCCN1CC(=O)N1C[C@H](c2ccccc2)[C@@H]2[C@H]1C1CCN2CC1. The molecule has 27 heavy (non-hydrogen) atoms. The number of carbonyl (C=O) groups excluding carboxylic acids is 2. The van der Waals surface area contributed by atoms with Crippen molar-refractivity contribution in [2.45, 2.75) is 50.1 Å². The zero-order valence-electron chi connectivity index (χ0n) is 15.9. The minimum absolute atomic E-state index is 0.152. The van der Waals surface area contributed by atoms with E-state index >= 15 is 0 Å². The van der Waals surface area contributed by atoms with Crippen molar-refractivity contribution in [3.63, 3.8) is 0 Å². The highest BCUT2D eigenvalue weighted by atomic mass is 16.2. The average Bonchev–Trinajstić information content (AvgIpc) is 3.14. The summed E-state index contributed by atoms with van der Waals surface area (Å²) in [5.74, 6) is 1.32. The molecule has 0 aliphatic carbocycles. The maximum atomic E-state index is 13.3. The Morgan fingerprint density at radius 3 is 2.52 bits per heavy atom. The van der Waals surface area contributed by atoms with Crippen LogP contribution in [-0.2, 0) is 9.59 Å². The fourth-order valence-electron chi connectivity index (χ4n) is 5.98. The number of benzene rings is 1. The van der Waals surface area contributed by atoms with E-state index in [-0.39, 0.29) is 18.4 Å². The van der Waals surface area contributed by atoms with E-state index in [2.05, 4.69) is 40.1 Å². The van der Waals surface area contributed by atoms with Crippen LogP contribution in [-0.4, -0.2) is 71.3 Å². The maximum Gasteiger partial charge on any atom is 0.242 e. The van der Waals surface area contributed by atoms with Crippen LogP contribution in [0.3, 0.4) is 0 Å². The summed E-state index contributed by atoms with van der Waals surface area (Å²) in [6.07, 6.45) is 4.99. The predicted octanol–water partition coefficient (Wildman–Crippen LogP) is 2.09. The largest absolute Gasteiger partial charge is 0.336 e. The second-order valence-electron chi connectivity index (χ2n) is 8.69. The van der Waals surface area contributed by atoms with Crippen molar-refractivity contribution in [3.8, 4) is 0 Å². The van der Waals surface area contributed by atoms with Gasteiger partial charge >= 0.3 is 0 Å². The quantitative estimate of drug-likeness (QED) is 0.822. The lowest BCUT2D eigenvalue weighted by Crippen LogP contribution is -2.61. The number of amides is 2. The molecule has 2 bridgehead atoms. The third-order valence-electron chi connectivity index (χ3n) is 7.29. The highest BCUT2D eigenvalue weighted by Crippen LogP contribution is 2.46. The summed E-state index contributed by atoms with van der Waals surface area (Å²) in [4.78, 5) is 32.0. The van der Waals surface area contributed by atoms with Crippen molar-refractivity contribution in [2.24, 2.45) is 5.92 Å². The summed E-state index contributed by atoms with van der Waals surface area (Å²) in [5, 5.41) is 0. The molecule has 0 radical (unpaired) electrons. The lowest BCUT2D eigenvalue weighted by molar-refractivity contribution is -0.144. The number of hydrogen-bond donors (Lipinski definition) is 0. The van der Waals surface area contributed by atoms with Gasteiger partial charge in [-0.15, -0.1) is 0 Å². The number of piperidine rings is 4. The van der Waals surface area contributed by atoms with Gasteiger partial charge in [0.2, 0.25) is 11.8 Å². The summed E-state index contributed by atoms with van der Waals surface area (Å²) in [6.45, 7) is 4.15. The van der Waals surface area contributed by atoms with Crippen LogP contribution in [0.5, 0.6) is 0 Å². The Morgan fingerprint density at radius 1 is 1.00 bits per heavy atom. The number of rotatable bonds is 3. The van der Waals surface area contributed by atoms with Gasteiger partial charge < -0.3 is 9.80 Å². The van der Waals surface area contributed by atoms with Gasteiger partial charge in [0.15, 0.2) is 0 Å². The maximum absolute atomic E-state index is 13.3. The second kappa shape index (κ2) is 6.93. The van der Waals surface area contributed by atoms with E-state index in [1.54, 1.807) is 4.90 Å². The van der Waals surface area contributed by atoms with E-state index in [0.29, 0.717) is 30.3 Å². The van der Waals surface area contributed by atoms with Gasteiger partial charge in [0.1, 0.15) is 0 Å². The van der Waals surface area contributed by atoms with Crippen molar-refractivity contribution < 1.29 is 9.59 Å². The van der Waals surface area contributed by atoms with Crippen LogP contribution in [0.4, 0.5) is 0 Å². The molecule has 0 spiro atoms. The molecule has 0 aromatic heterocycles. The fourth-order valence-corrected chi connectivity index (χ4v) is 5.98. The summed E-state index contributed by atoms with van der Waals surface area (Å²) in [5.41, 5.74) is 1.35. The fraction of sp³-hybridized carbons (Fsp3) is 0.636. The molecule has 0 saturated carbocycles. The Hall–Kier alpha value is -1.88. The first kappa shape index (κ1) is 17.2. The standard InChI is InChI=1S/C22H29N3O2/c26-19-8-4-5-11-24(19)15-20(27)25-14-18(16-6-2-1-3-7-16)22-21(25)17-9-12-23(22)13-10-17/h1-3,6-7,17-18,21-22H,4-5,8-15H2/t18-,21-,22-/m1/s1. The molecule has 2 amide bonds. The van der Waals surface area contributed by atoms with Crippen LogP contribution < -0.4 is 0 Å². The molecule has 1 aromatic carbocycles. The Balaban J connectivity index is 1.40. The highest BCUT2D eigenvalue weighted by molar-refractivity contribution is 5.85. The van der Waals surface area contributed by atoms with Crippen molar-refractivity contribution in [2.75, 3.05) is 32.7 Å². The molecule has 5 aliphatic heterocycles. The monoisotopic (exact) mass is 367 g/mol. The molecule has 1 aromatic rings. The normalized spacial score (nSPS) is 35.4. The topological polar surface area (TPSA) is 43.9 Å². The number of likely N-dealkylation sites (tertiary alicyclic amines) is 2. The molecule has 5 nitrogen and oxygen atoms in total.